The molecule has 0 bridgehead atoms. The average molecular weight is 333 g/mol. The van der Waals surface area contributed by atoms with Gasteiger partial charge in [-0.3, -0.25) is 9.58 Å². The number of aryl methyl sites for hydroxylation is 2. The highest BCUT2D eigenvalue weighted by atomic mass is 32.1. The van der Waals surface area contributed by atoms with Crippen LogP contribution in [0.5, 0.6) is 0 Å². The summed E-state index contributed by atoms with van der Waals surface area (Å²) in [5.74, 6) is 0. The topological polar surface area (TPSA) is 46.4 Å². The minimum absolute atomic E-state index is 0.523. The lowest BCUT2D eigenvalue weighted by atomic mass is 10.1. The van der Waals surface area contributed by atoms with Crippen LogP contribution in [0.4, 0.5) is 5.13 Å². The SMILES string of the molecule is Cc1cc(C)n(C2CN(Cc3cnc(N4CCOCC4)s3)C2)n1. The lowest BCUT2D eigenvalue weighted by Gasteiger charge is -2.39. The molecule has 2 aliphatic heterocycles. The molecule has 2 aromatic rings. The Kier molecular flexibility index (Phi) is 4.09. The largest absolute Gasteiger partial charge is 0.378 e. The van der Waals surface area contributed by atoms with E-state index in [1.807, 2.05) is 17.5 Å². The van der Waals surface area contributed by atoms with E-state index in [2.05, 4.69) is 44.5 Å². The van der Waals surface area contributed by atoms with E-state index in [1.165, 1.54) is 10.6 Å². The van der Waals surface area contributed by atoms with Gasteiger partial charge >= 0.3 is 0 Å². The number of anilines is 1. The summed E-state index contributed by atoms with van der Waals surface area (Å²) in [4.78, 5) is 10.7. The Morgan fingerprint density at radius 1 is 1.26 bits per heavy atom. The molecule has 2 saturated heterocycles. The molecular weight excluding hydrogens is 310 g/mol. The van der Waals surface area contributed by atoms with Gasteiger partial charge in [-0.2, -0.15) is 5.10 Å². The standard InChI is InChI=1S/C16H23N5OS/c1-12-7-13(2)21(18-12)14-9-19(10-14)11-15-8-17-16(23-15)20-3-5-22-6-4-20/h7-8,14H,3-6,9-11H2,1-2H3. The minimum Gasteiger partial charge on any atom is -0.378 e. The summed E-state index contributed by atoms with van der Waals surface area (Å²) >= 11 is 1.82. The minimum atomic E-state index is 0.523. The number of thiazole rings is 1. The van der Waals surface area contributed by atoms with Gasteiger partial charge in [0.05, 0.1) is 24.9 Å². The molecule has 0 spiro atoms. The summed E-state index contributed by atoms with van der Waals surface area (Å²) < 4.78 is 7.58. The van der Waals surface area contributed by atoms with E-state index in [4.69, 9.17) is 4.74 Å². The Balaban J connectivity index is 1.32. The van der Waals surface area contributed by atoms with E-state index >= 15 is 0 Å². The Labute approximate surface area is 140 Å². The third-order valence-corrected chi connectivity index (χ3v) is 5.57. The molecule has 0 aromatic carbocycles. The Morgan fingerprint density at radius 3 is 2.74 bits per heavy atom. The molecule has 23 heavy (non-hydrogen) atoms. The zero-order valence-electron chi connectivity index (χ0n) is 13.7. The van der Waals surface area contributed by atoms with Gasteiger partial charge in [0.1, 0.15) is 0 Å². The molecule has 0 saturated carbocycles. The maximum atomic E-state index is 5.40. The molecule has 6 nitrogen and oxygen atoms in total. The van der Waals surface area contributed by atoms with Crippen molar-refractivity contribution in [2.45, 2.75) is 26.4 Å². The van der Waals surface area contributed by atoms with Crippen LogP contribution in [0.2, 0.25) is 0 Å². The summed E-state index contributed by atoms with van der Waals surface area (Å²) in [5.41, 5.74) is 2.37. The third-order valence-electron chi connectivity index (χ3n) is 4.53. The molecule has 2 aliphatic rings. The molecule has 4 rings (SSSR count). The van der Waals surface area contributed by atoms with Crippen LogP contribution < -0.4 is 4.90 Å². The van der Waals surface area contributed by atoms with Crippen LogP contribution in [0.15, 0.2) is 12.3 Å². The van der Waals surface area contributed by atoms with Crippen molar-refractivity contribution in [2.75, 3.05) is 44.3 Å². The van der Waals surface area contributed by atoms with E-state index < -0.39 is 0 Å². The van der Waals surface area contributed by atoms with Crippen molar-refractivity contribution in [3.05, 3.63) is 28.5 Å². The van der Waals surface area contributed by atoms with Crippen LogP contribution >= 0.6 is 11.3 Å². The summed E-state index contributed by atoms with van der Waals surface area (Å²) in [5, 5.41) is 5.74. The first-order valence-corrected chi connectivity index (χ1v) is 9.03. The molecule has 2 aromatic heterocycles. The van der Waals surface area contributed by atoms with Gasteiger partial charge in [0, 0.05) is 49.5 Å². The van der Waals surface area contributed by atoms with Gasteiger partial charge in [0.15, 0.2) is 5.13 Å². The average Bonchev–Trinajstić information content (AvgIpc) is 3.10. The molecule has 0 aliphatic carbocycles. The summed E-state index contributed by atoms with van der Waals surface area (Å²) in [6.45, 7) is 10.9. The van der Waals surface area contributed by atoms with Crippen molar-refractivity contribution in [2.24, 2.45) is 0 Å². The van der Waals surface area contributed by atoms with Crippen LogP contribution in [0.1, 0.15) is 22.3 Å². The molecule has 4 heterocycles. The number of rotatable bonds is 4. The Bertz CT molecular complexity index is 670. The fraction of sp³-hybridized carbons (Fsp3) is 0.625. The van der Waals surface area contributed by atoms with Crippen LogP contribution in [0.25, 0.3) is 0 Å². The van der Waals surface area contributed by atoms with Crippen molar-refractivity contribution in [1.29, 1.82) is 0 Å². The number of aromatic nitrogens is 3. The predicted octanol–water partition coefficient (Wildman–Crippen LogP) is 1.85. The van der Waals surface area contributed by atoms with Crippen LogP contribution in [0, 0.1) is 13.8 Å². The highest BCUT2D eigenvalue weighted by Gasteiger charge is 2.30. The normalized spacial score (nSPS) is 20.0. The monoisotopic (exact) mass is 333 g/mol. The maximum Gasteiger partial charge on any atom is 0.185 e. The molecule has 0 unspecified atom stereocenters. The Hall–Kier alpha value is -1.44. The third kappa shape index (κ3) is 3.13. The predicted molar refractivity (Wildman–Crippen MR) is 91.2 cm³/mol. The smallest absolute Gasteiger partial charge is 0.185 e. The second-order valence-corrected chi connectivity index (χ2v) is 7.52. The number of ether oxygens (including phenoxy) is 1. The molecule has 0 amide bonds. The number of morpholine rings is 1. The molecule has 0 atom stereocenters. The first-order chi connectivity index (χ1) is 11.2. The van der Waals surface area contributed by atoms with Gasteiger partial charge in [-0.1, -0.05) is 0 Å². The van der Waals surface area contributed by atoms with Gasteiger partial charge in [0.25, 0.3) is 0 Å². The zero-order valence-corrected chi connectivity index (χ0v) is 14.6. The first kappa shape index (κ1) is 15.1. The highest BCUT2D eigenvalue weighted by Crippen LogP contribution is 2.28. The van der Waals surface area contributed by atoms with Gasteiger partial charge < -0.3 is 9.64 Å². The quantitative estimate of drug-likeness (QED) is 0.854. The van der Waals surface area contributed by atoms with Crippen molar-refractivity contribution in [3.8, 4) is 0 Å². The summed E-state index contributed by atoms with van der Waals surface area (Å²) in [6.07, 6.45) is 2.03. The van der Waals surface area contributed by atoms with Crippen molar-refractivity contribution < 1.29 is 4.74 Å². The van der Waals surface area contributed by atoms with Crippen molar-refractivity contribution >= 4 is 16.5 Å². The van der Waals surface area contributed by atoms with Crippen LogP contribution in [-0.4, -0.2) is 59.1 Å². The second-order valence-electron chi connectivity index (χ2n) is 6.43. The van der Waals surface area contributed by atoms with E-state index in [9.17, 15) is 0 Å². The Morgan fingerprint density at radius 2 is 2.04 bits per heavy atom. The summed E-state index contributed by atoms with van der Waals surface area (Å²) in [7, 11) is 0. The van der Waals surface area contributed by atoms with Gasteiger partial charge in [-0.25, -0.2) is 4.98 Å². The van der Waals surface area contributed by atoms with E-state index in [0.29, 0.717) is 6.04 Å². The van der Waals surface area contributed by atoms with Crippen molar-refractivity contribution in [3.63, 3.8) is 0 Å². The van der Waals surface area contributed by atoms with Crippen LogP contribution in [0.3, 0.4) is 0 Å². The van der Waals surface area contributed by atoms with Crippen LogP contribution in [-0.2, 0) is 11.3 Å². The number of likely N-dealkylation sites (tertiary alicyclic amines) is 1. The molecule has 0 radical (unpaired) electrons. The van der Waals surface area contributed by atoms with Gasteiger partial charge in [-0.15, -0.1) is 11.3 Å². The number of nitrogens with zero attached hydrogens (tertiary/aromatic N) is 5. The molecule has 7 heteroatoms. The molecule has 124 valence electrons. The number of hydrogen-bond acceptors (Lipinski definition) is 6. The van der Waals surface area contributed by atoms with Crippen molar-refractivity contribution in [1.82, 2.24) is 19.7 Å². The van der Waals surface area contributed by atoms with Gasteiger partial charge in [0.2, 0.25) is 0 Å². The lowest BCUT2D eigenvalue weighted by molar-refractivity contribution is 0.0904. The second kappa shape index (κ2) is 6.22. The first-order valence-electron chi connectivity index (χ1n) is 8.21. The fourth-order valence-corrected chi connectivity index (χ4v) is 4.34. The molecular formula is C16H23N5OS. The van der Waals surface area contributed by atoms with E-state index in [0.717, 1.165) is 56.8 Å². The lowest BCUT2D eigenvalue weighted by Crippen LogP contribution is -2.47. The highest BCUT2D eigenvalue weighted by molar-refractivity contribution is 7.15. The zero-order chi connectivity index (χ0) is 15.8. The van der Waals surface area contributed by atoms with E-state index in [1.54, 1.807) is 0 Å². The molecule has 2 fully saturated rings. The molecule has 0 N–H and O–H groups in total. The van der Waals surface area contributed by atoms with Gasteiger partial charge in [-0.05, 0) is 19.9 Å². The fourth-order valence-electron chi connectivity index (χ4n) is 3.33. The summed E-state index contributed by atoms with van der Waals surface area (Å²) in [6, 6.07) is 2.68. The van der Waals surface area contributed by atoms with E-state index in [-0.39, 0.29) is 0 Å². The maximum absolute atomic E-state index is 5.40. The number of hydrogen-bond donors (Lipinski definition) is 0.